The third-order valence-electron chi connectivity index (χ3n) is 4.18. The third kappa shape index (κ3) is 4.77. The van der Waals surface area contributed by atoms with Crippen LogP contribution in [0.4, 0.5) is 10.1 Å². The Hall–Kier alpha value is -2.52. The first-order chi connectivity index (χ1) is 12.5. The van der Waals surface area contributed by atoms with Crippen molar-refractivity contribution in [3.05, 3.63) is 93.8 Å². The molecule has 0 atom stereocenters. The van der Waals surface area contributed by atoms with Crippen LogP contribution in [0, 0.1) is 19.7 Å². The standard InChI is InChI=1S/C22H21ClFNO/c1-15-3-4-16(2)21(11-15)25-13-18-7-10-22(20(23)12-18)26-14-17-5-8-19(24)9-6-17/h3-12,25H,13-14H2,1-2H3. The van der Waals surface area contributed by atoms with E-state index in [9.17, 15) is 4.39 Å². The molecule has 0 aliphatic rings. The fourth-order valence-electron chi connectivity index (χ4n) is 2.64. The van der Waals surface area contributed by atoms with Crippen LogP contribution < -0.4 is 10.1 Å². The van der Waals surface area contributed by atoms with Crippen molar-refractivity contribution in [2.24, 2.45) is 0 Å². The molecule has 0 aliphatic heterocycles. The minimum atomic E-state index is -0.257. The zero-order valence-corrected chi connectivity index (χ0v) is 15.6. The molecular weight excluding hydrogens is 349 g/mol. The second-order valence-corrected chi connectivity index (χ2v) is 6.76. The Bertz CT molecular complexity index is 893. The Labute approximate surface area is 158 Å². The van der Waals surface area contributed by atoms with Crippen LogP contribution in [0.1, 0.15) is 22.3 Å². The van der Waals surface area contributed by atoms with Gasteiger partial charge in [0.1, 0.15) is 18.2 Å². The minimum absolute atomic E-state index is 0.257. The molecule has 0 bridgehead atoms. The largest absolute Gasteiger partial charge is 0.487 e. The van der Waals surface area contributed by atoms with Gasteiger partial charge in [-0.05, 0) is 66.4 Å². The predicted molar refractivity (Wildman–Crippen MR) is 105 cm³/mol. The summed E-state index contributed by atoms with van der Waals surface area (Å²) in [5.41, 5.74) is 5.52. The van der Waals surface area contributed by atoms with Gasteiger partial charge in [-0.15, -0.1) is 0 Å². The fourth-order valence-corrected chi connectivity index (χ4v) is 2.89. The van der Waals surface area contributed by atoms with E-state index < -0.39 is 0 Å². The zero-order chi connectivity index (χ0) is 18.5. The molecule has 134 valence electrons. The molecule has 0 saturated carbocycles. The smallest absolute Gasteiger partial charge is 0.138 e. The molecule has 1 N–H and O–H groups in total. The maximum Gasteiger partial charge on any atom is 0.138 e. The van der Waals surface area contributed by atoms with Crippen LogP contribution >= 0.6 is 11.6 Å². The number of hydrogen-bond acceptors (Lipinski definition) is 2. The van der Waals surface area contributed by atoms with Gasteiger partial charge in [0.05, 0.1) is 5.02 Å². The van der Waals surface area contributed by atoms with Crippen molar-refractivity contribution in [2.45, 2.75) is 27.0 Å². The fraction of sp³-hybridized carbons (Fsp3) is 0.182. The molecule has 0 amide bonds. The Kier molecular flexibility index (Phi) is 5.79. The highest BCUT2D eigenvalue weighted by molar-refractivity contribution is 6.32. The van der Waals surface area contributed by atoms with Gasteiger partial charge in [0.2, 0.25) is 0 Å². The average Bonchev–Trinajstić information content (AvgIpc) is 2.63. The van der Waals surface area contributed by atoms with Gasteiger partial charge in [-0.2, -0.15) is 0 Å². The Morgan fingerprint density at radius 1 is 0.923 bits per heavy atom. The Balaban J connectivity index is 1.61. The molecule has 0 heterocycles. The van der Waals surface area contributed by atoms with Crippen LogP contribution in [0.3, 0.4) is 0 Å². The molecule has 0 fully saturated rings. The highest BCUT2D eigenvalue weighted by atomic mass is 35.5. The van der Waals surface area contributed by atoms with Gasteiger partial charge in [0.25, 0.3) is 0 Å². The number of ether oxygens (including phenoxy) is 1. The molecule has 26 heavy (non-hydrogen) atoms. The summed E-state index contributed by atoms with van der Waals surface area (Å²) in [7, 11) is 0. The van der Waals surface area contributed by atoms with Gasteiger partial charge in [0.15, 0.2) is 0 Å². The molecule has 0 spiro atoms. The number of aryl methyl sites for hydroxylation is 2. The lowest BCUT2D eigenvalue weighted by Crippen LogP contribution is -2.02. The van der Waals surface area contributed by atoms with Crippen molar-refractivity contribution >= 4 is 17.3 Å². The summed E-state index contributed by atoms with van der Waals surface area (Å²) in [6, 6.07) is 18.3. The summed E-state index contributed by atoms with van der Waals surface area (Å²) in [5.74, 6) is 0.360. The Morgan fingerprint density at radius 2 is 1.65 bits per heavy atom. The molecule has 0 saturated heterocycles. The van der Waals surface area contributed by atoms with Crippen LogP contribution in [-0.2, 0) is 13.2 Å². The summed E-state index contributed by atoms with van der Waals surface area (Å²) in [4.78, 5) is 0. The number of benzene rings is 3. The molecular formula is C22H21ClFNO. The topological polar surface area (TPSA) is 21.3 Å². The maximum absolute atomic E-state index is 12.9. The maximum atomic E-state index is 12.9. The van der Waals surface area contributed by atoms with Crippen LogP contribution in [0.2, 0.25) is 5.02 Å². The highest BCUT2D eigenvalue weighted by Gasteiger charge is 2.05. The van der Waals surface area contributed by atoms with Crippen molar-refractivity contribution in [1.29, 1.82) is 0 Å². The second kappa shape index (κ2) is 8.24. The van der Waals surface area contributed by atoms with E-state index in [0.29, 0.717) is 23.9 Å². The first kappa shape index (κ1) is 18.3. The lowest BCUT2D eigenvalue weighted by molar-refractivity contribution is 0.306. The van der Waals surface area contributed by atoms with E-state index in [-0.39, 0.29) is 5.82 Å². The van der Waals surface area contributed by atoms with Crippen molar-refractivity contribution in [3.8, 4) is 5.75 Å². The lowest BCUT2D eigenvalue weighted by atomic mass is 10.1. The van der Waals surface area contributed by atoms with E-state index in [1.54, 1.807) is 12.1 Å². The van der Waals surface area contributed by atoms with Crippen molar-refractivity contribution in [2.75, 3.05) is 5.32 Å². The molecule has 0 radical (unpaired) electrons. The van der Waals surface area contributed by atoms with Crippen molar-refractivity contribution in [1.82, 2.24) is 0 Å². The normalized spacial score (nSPS) is 10.6. The molecule has 0 aromatic heterocycles. The first-order valence-electron chi connectivity index (χ1n) is 8.48. The average molecular weight is 370 g/mol. The summed E-state index contributed by atoms with van der Waals surface area (Å²) >= 11 is 6.35. The predicted octanol–water partition coefficient (Wildman–Crippen LogP) is 6.29. The summed E-state index contributed by atoms with van der Waals surface area (Å²) < 4.78 is 18.7. The lowest BCUT2D eigenvalue weighted by Gasteiger charge is -2.12. The number of nitrogens with one attached hydrogen (secondary N) is 1. The number of rotatable bonds is 6. The van der Waals surface area contributed by atoms with E-state index in [4.69, 9.17) is 16.3 Å². The Morgan fingerprint density at radius 3 is 2.38 bits per heavy atom. The second-order valence-electron chi connectivity index (χ2n) is 6.35. The van der Waals surface area contributed by atoms with Crippen LogP contribution in [0.15, 0.2) is 60.7 Å². The van der Waals surface area contributed by atoms with Gasteiger partial charge >= 0.3 is 0 Å². The van der Waals surface area contributed by atoms with Gasteiger partial charge in [0, 0.05) is 12.2 Å². The SMILES string of the molecule is Cc1ccc(C)c(NCc2ccc(OCc3ccc(F)cc3)c(Cl)c2)c1. The first-order valence-corrected chi connectivity index (χ1v) is 8.86. The molecule has 3 aromatic rings. The van der Waals surface area contributed by atoms with Crippen molar-refractivity contribution in [3.63, 3.8) is 0 Å². The highest BCUT2D eigenvalue weighted by Crippen LogP contribution is 2.27. The minimum Gasteiger partial charge on any atom is -0.487 e. The van der Waals surface area contributed by atoms with E-state index in [1.807, 2.05) is 18.2 Å². The van der Waals surface area contributed by atoms with Crippen LogP contribution in [-0.4, -0.2) is 0 Å². The quantitative estimate of drug-likeness (QED) is 0.551. The van der Waals surface area contributed by atoms with Crippen molar-refractivity contribution < 1.29 is 9.13 Å². The third-order valence-corrected chi connectivity index (χ3v) is 4.48. The number of halogens is 2. The molecule has 3 rings (SSSR count). The van der Waals surface area contributed by atoms with Crippen LogP contribution in [0.5, 0.6) is 5.75 Å². The van der Waals surface area contributed by atoms with E-state index in [2.05, 4.69) is 37.4 Å². The van der Waals surface area contributed by atoms with E-state index in [0.717, 1.165) is 16.8 Å². The number of hydrogen-bond donors (Lipinski definition) is 1. The molecule has 4 heteroatoms. The van der Waals surface area contributed by atoms with Gasteiger partial charge in [-0.25, -0.2) is 4.39 Å². The summed E-state index contributed by atoms with van der Waals surface area (Å²) in [5, 5.41) is 4.01. The van der Waals surface area contributed by atoms with Crippen LogP contribution in [0.25, 0.3) is 0 Å². The summed E-state index contributed by atoms with van der Waals surface area (Å²) in [6.45, 7) is 5.19. The van der Waals surface area contributed by atoms with Gasteiger partial charge in [-0.3, -0.25) is 0 Å². The molecule has 2 nitrogen and oxygen atoms in total. The number of anilines is 1. The van der Waals surface area contributed by atoms with E-state index in [1.165, 1.54) is 23.3 Å². The van der Waals surface area contributed by atoms with E-state index >= 15 is 0 Å². The summed E-state index contributed by atoms with van der Waals surface area (Å²) in [6.07, 6.45) is 0. The molecule has 0 unspecified atom stereocenters. The molecule has 0 aliphatic carbocycles. The van der Waals surface area contributed by atoms with Gasteiger partial charge < -0.3 is 10.1 Å². The van der Waals surface area contributed by atoms with Gasteiger partial charge in [-0.1, -0.05) is 41.9 Å². The zero-order valence-electron chi connectivity index (χ0n) is 14.9. The monoisotopic (exact) mass is 369 g/mol. The molecule has 3 aromatic carbocycles.